The summed E-state index contributed by atoms with van der Waals surface area (Å²) in [7, 11) is 0. The van der Waals surface area contributed by atoms with E-state index in [1.807, 2.05) is 11.1 Å². The van der Waals surface area contributed by atoms with Gasteiger partial charge in [-0.15, -0.1) is 0 Å². The predicted octanol–water partition coefficient (Wildman–Crippen LogP) is 5.24. The molecule has 0 saturated heterocycles. The Morgan fingerprint density at radius 2 is 1.74 bits per heavy atom. The first kappa shape index (κ1) is 11.8. The molecule has 1 aromatic carbocycles. The molecule has 0 heterocycles. The van der Waals surface area contributed by atoms with Crippen molar-refractivity contribution in [3.8, 4) is 0 Å². The highest BCUT2D eigenvalue weighted by molar-refractivity contribution is 5.46. The van der Waals surface area contributed by atoms with Gasteiger partial charge in [0.15, 0.2) is 0 Å². The minimum absolute atomic E-state index is 0.359. The molecule has 0 aliphatic heterocycles. The summed E-state index contributed by atoms with van der Waals surface area (Å²) in [6.07, 6.45) is 9.99. The van der Waals surface area contributed by atoms with E-state index in [-0.39, 0.29) is 0 Å². The average molecular weight is 252 g/mol. The number of benzene rings is 1. The fraction of sp³-hybridized carbons (Fsp3) is 0.579. The van der Waals surface area contributed by atoms with Crippen LogP contribution in [0.25, 0.3) is 0 Å². The normalized spacial score (nSPS) is 37.3. The quantitative estimate of drug-likeness (QED) is 0.599. The lowest BCUT2D eigenvalue weighted by atomic mass is 9.67. The largest absolute Gasteiger partial charge is 0.0667 e. The van der Waals surface area contributed by atoms with Gasteiger partial charge in [0.1, 0.15) is 0 Å². The van der Waals surface area contributed by atoms with Crippen LogP contribution in [-0.4, -0.2) is 0 Å². The van der Waals surface area contributed by atoms with Crippen LogP contribution in [0.15, 0.2) is 41.5 Å². The number of allylic oxidation sites excluding steroid dienone is 2. The molecule has 19 heavy (non-hydrogen) atoms. The monoisotopic (exact) mass is 252 g/mol. The molecule has 3 aliphatic carbocycles. The van der Waals surface area contributed by atoms with Gasteiger partial charge in [0.25, 0.3) is 0 Å². The van der Waals surface area contributed by atoms with E-state index in [1.54, 1.807) is 5.56 Å². The molecule has 0 heteroatoms. The number of fused-ring (bicyclic) bond motifs is 2. The predicted molar refractivity (Wildman–Crippen MR) is 80.1 cm³/mol. The van der Waals surface area contributed by atoms with Crippen LogP contribution in [0.5, 0.6) is 0 Å². The van der Waals surface area contributed by atoms with Crippen molar-refractivity contribution < 1.29 is 0 Å². The van der Waals surface area contributed by atoms with Gasteiger partial charge in [-0.3, -0.25) is 0 Å². The lowest BCUT2D eigenvalue weighted by molar-refractivity contribution is 0.326. The van der Waals surface area contributed by atoms with Gasteiger partial charge in [-0.2, -0.15) is 0 Å². The highest BCUT2D eigenvalue weighted by Gasteiger charge is 2.52. The van der Waals surface area contributed by atoms with E-state index in [4.69, 9.17) is 0 Å². The Hall–Kier alpha value is -1.04. The Morgan fingerprint density at radius 3 is 2.58 bits per heavy atom. The van der Waals surface area contributed by atoms with Crippen LogP contribution in [0.4, 0.5) is 0 Å². The summed E-state index contributed by atoms with van der Waals surface area (Å²) in [4.78, 5) is 0. The molecule has 0 amide bonds. The van der Waals surface area contributed by atoms with Crippen molar-refractivity contribution in [2.45, 2.75) is 57.3 Å². The smallest absolute Gasteiger partial charge is 0.0170 e. The van der Waals surface area contributed by atoms with Crippen molar-refractivity contribution in [3.05, 3.63) is 47.0 Å². The lowest BCUT2D eigenvalue weighted by Crippen LogP contribution is -2.31. The Balaban J connectivity index is 1.87. The number of hydrogen-bond acceptors (Lipinski definition) is 0. The zero-order chi connectivity index (χ0) is 12.9. The van der Waals surface area contributed by atoms with E-state index in [0.717, 1.165) is 11.8 Å². The highest BCUT2D eigenvalue weighted by Crippen LogP contribution is 2.61. The van der Waals surface area contributed by atoms with Gasteiger partial charge in [0.2, 0.25) is 0 Å². The van der Waals surface area contributed by atoms with E-state index < -0.39 is 0 Å². The fourth-order valence-electron chi connectivity index (χ4n) is 5.40. The third-order valence-electron chi connectivity index (χ3n) is 6.22. The van der Waals surface area contributed by atoms with E-state index in [0.29, 0.717) is 5.41 Å². The Morgan fingerprint density at radius 1 is 0.947 bits per heavy atom. The van der Waals surface area contributed by atoms with Crippen LogP contribution >= 0.6 is 0 Å². The SMILES string of the molecule is C[C@]1(c2ccccc2)C2=C(CCCC2)[C@H]2CCC[C@H]21. The molecular weight excluding hydrogens is 228 g/mol. The molecule has 0 radical (unpaired) electrons. The highest BCUT2D eigenvalue weighted by atomic mass is 14.6. The van der Waals surface area contributed by atoms with Crippen molar-refractivity contribution in [1.29, 1.82) is 0 Å². The summed E-state index contributed by atoms with van der Waals surface area (Å²) in [6, 6.07) is 11.4. The molecule has 0 bridgehead atoms. The average Bonchev–Trinajstić information content (AvgIpc) is 3.04. The molecule has 0 unspecified atom stereocenters. The third-order valence-corrected chi connectivity index (χ3v) is 6.22. The van der Waals surface area contributed by atoms with Gasteiger partial charge in [-0.25, -0.2) is 0 Å². The van der Waals surface area contributed by atoms with Gasteiger partial charge >= 0.3 is 0 Å². The first-order valence-corrected chi connectivity index (χ1v) is 8.09. The van der Waals surface area contributed by atoms with Gasteiger partial charge < -0.3 is 0 Å². The molecule has 0 aromatic heterocycles. The van der Waals surface area contributed by atoms with Crippen LogP contribution in [-0.2, 0) is 5.41 Å². The van der Waals surface area contributed by atoms with E-state index in [1.165, 1.54) is 44.9 Å². The summed E-state index contributed by atoms with van der Waals surface area (Å²) >= 11 is 0. The molecule has 100 valence electrons. The molecular formula is C19H24. The minimum atomic E-state index is 0.359. The Labute approximate surface area is 116 Å². The molecule has 0 N–H and O–H groups in total. The summed E-state index contributed by atoms with van der Waals surface area (Å²) in [5.74, 6) is 1.83. The van der Waals surface area contributed by atoms with Gasteiger partial charge in [0.05, 0.1) is 0 Å². The molecule has 3 atom stereocenters. The molecule has 3 aliphatic rings. The third kappa shape index (κ3) is 1.52. The zero-order valence-corrected chi connectivity index (χ0v) is 12.0. The fourth-order valence-corrected chi connectivity index (χ4v) is 5.40. The molecule has 1 aromatic rings. The second-order valence-electron chi connectivity index (χ2n) is 6.92. The molecule has 1 saturated carbocycles. The topological polar surface area (TPSA) is 0 Å². The maximum atomic E-state index is 2.55. The van der Waals surface area contributed by atoms with Crippen LogP contribution in [0.3, 0.4) is 0 Å². The molecule has 0 spiro atoms. The van der Waals surface area contributed by atoms with Gasteiger partial charge in [-0.1, -0.05) is 54.8 Å². The summed E-state index contributed by atoms with van der Waals surface area (Å²) in [5, 5.41) is 0. The standard InChI is InChI=1S/C19H24/c1-19(14-8-3-2-4-9-14)17-12-6-5-10-15(17)16-11-7-13-18(16)19/h2-4,8-9,16,18H,5-7,10-13H2,1H3/t16-,18-,19+/m1/s1. The van der Waals surface area contributed by atoms with Crippen LogP contribution in [0.2, 0.25) is 0 Å². The first-order chi connectivity index (χ1) is 9.32. The lowest BCUT2D eigenvalue weighted by Gasteiger charge is -2.36. The van der Waals surface area contributed by atoms with E-state index >= 15 is 0 Å². The second-order valence-corrected chi connectivity index (χ2v) is 6.92. The molecule has 1 fully saturated rings. The van der Waals surface area contributed by atoms with Crippen molar-refractivity contribution in [2.75, 3.05) is 0 Å². The van der Waals surface area contributed by atoms with Crippen molar-refractivity contribution in [3.63, 3.8) is 0 Å². The first-order valence-electron chi connectivity index (χ1n) is 8.09. The van der Waals surface area contributed by atoms with Crippen molar-refractivity contribution in [2.24, 2.45) is 11.8 Å². The van der Waals surface area contributed by atoms with Crippen molar-refractivity contribution in [1.82, 2.24) is 0 Å². The van der Waals surface area contributed by atoms with Gasteiger partial charge in [-0.05, 0) is 55.9 Å². The summed E-state index contributed by atoms with van der Waals surface area (Å²) in [6.45, 7) is 2.55. The maximum Gasteiger partial charge on any atom is 0.0170 e. The van der Waals surface area contributed by atoms with Gasteiger partial charge in [0, 0.05) is 5.41 Å². The minimum Gasteiger partial charge on any atom is -0.0667 e. The molecule has 0 nitrogen and oxygen atoms in total. The van der Waals surface area contributed by atoms with E-state index in [9.17, 15) is 0 Å². The maximum absolute atomic E-state index is 2.55. The Kier molecular flexibility index (Phi) is 2.62. The molecule has 4 rings (SSSR count). The Bertz CT molecular complexity index is 510. The summed E-state index contributed by atoms with van der Waals surface area (Å²) < 4.78 is 0. The number of rotatable bonds is 1. The zero-order valence-electron chi connectivity index (χ0n) is 12.0. The van der Waals surface area contributed by atoms with Crippen LogP contribution < -0.4 is 0 Å². The van der Waals surface area contributed by atoms with E-state index in [2.05, 4.69) is 37.3 Å². The summed E-state index contributed by atoms with van der Waals surface area (Å²) in [5.41, 5.74) is 5.68. The van der Waals surface area contributed by atoms with Crippen molar-refractivity contribution >= 4 is 0 Å². The van der Waals surface area contributed by atoms with Crippen LogP contribution in [0, 0.1) is 11.8 Å². The second kappa shape index (κ2) is 4.23. The number of hydrogen-bond donors (Lipinski definition) is 0. The van der Waals surface area contributed by atoms with Crippen LogP contribution in [0.1, 0.15) is 57.4 Å².